The second-order valence-corrected chi connectivity index (χ2v) is 8.32. The molecule has 0 amide bonds. The summed E-state index contributed by atoms with van der Waals surface area (Å²) < 4.78 is 11.2. The van der Waals surface area contributed by atoms with Gasteiger partial charge in [-0.25, -0.2) is 0 Å². The minimum atomic E-state index is -0.237. The van der Waals surface area contributed by atoms with Gasteiger partial charge in [0, 0.05) is 13.5 Å². The molecule has 162 valence electrons. The topological polar surface area (TPSA) is 38.8 Å². The first-order chi connectivity index (χ1) is 13.0. The molecule has 0 aromatic rings. The number of carbonyl (C=O) groups excluding carboxylic acids is 1. The molecule has 0 heterocycles. The quantitative estimate of drug-likeness (QED) is 0.203. The number of hydrogen-bond acceptors (Lipinski definition) is 4. The van der Waals surface area contributed by atoms with E-state index in [4.69, 9.17) is 9.47 Å². The lowest BCUT2D eigenvalue weighted by Gasteiger charge is -2.22. The smallest absolute Gasteiger partial charge is 0.303 e. The number of carbonyl (C=O) groups is 1. The standard InChI is InChI=1S/C23H47NO3/c1-6-7-8-9-10-11-12-13-14-15-16-17-18-21(2)26-20-23(19-24(4)5)27-22(3)25/h21,23H,6-20H2,1-5H3. The van der Waals surface area contributed by atoms with Crippen molar-refractivity contribution in [3.8, 4) is 0 Å². The maximum atomic E-state index is 11.2. The fourth-order valence-corrected chi connectivity index (χ4v) is 3.39. The monoisotopic (exact) mass is 385 g/mol. The van der Waals surface area contributed by atoms with Crippen LogP contribution in [0.15, 0.2) is 0 Å². The number of nitrogens with zero attached hydrogens (tertiary/aromatic N) is 1. The Bertz CT molecular complexity index is 334. The van der Waals surface area contributed by atoms with Crippen LogP contribution in [0.1, 0.15) is 104 Å². The van der Waals surface area contributed by atoms with Gasteiger partial charge in [-0.2, -0.15) is 0 Å². The number of rotatable bonds is 19. The van der Waals surface area contributed by atoms with E-state index >= 15 is 0 Å². The molecule has 0 aliphatic carbocycles. The summed E-state index contributed by atoms with van der Waals surface area (Å²) in [4.78, 5) is 13.2. The lowest BCUT2D eigenvalue weighted by Crippen LogP contribution is -2.34. The summed E-state index contributed by atoms with van der Waals surface area (Å²) in [7, 11) is 3.96. The fraction of sp³-hybridized carbons (Fsp3) is 0.957. The van der Waals surface area contributed by atoms with E-state index in [9.17, 15) is 4.79 Å². The predicted molar refractivity (Wildman–Crippen MR) is 115 cm³/mol. The minimum absolute atomic E-state index is 0.179. The van der Waals surface area contributed by atoms with E-state index in [0.717, 1.165) is 6.42 Å². The number of hydrogen-bond donors (Lipinski definition) is 0. The normalized spacial score (nSPS) is 13.7. The molecular formula is C23H47NO3. The predicted octanol–water partition coefficient (Wildman–Crippen LogP) is 5.98. The molecule has 2 atom stereocenters. The van der Waals surface area contributed by atoms with Crippen molar-refractivity contribution >= 4 is 5.97 Å². The van der Waals surface area contributed by atoms with E-state index in [0.29, 0.717) is 13.2 Å². The van der Waals surface area contributed by atoms with Crippen LogP contribution in [0.4, 0.5) is 0 Å². The Morgan fingerprint density at radius 1 is 0.852 bits per heavy atom. The number of esters is 1. The maximum Gasteiger partial charge on any atom is 0.303 e. The van der Waals surface area contributed by atoms with Crippen LogP contribution in [0.2, 0.25) is 0 Å². The van der Waals surface area contributed by atoms with Crippen molar-refractivity contribution in [3.05, 3.63) is 0 Å². The van der Waals surface area contributed by atoms with Gasteiger partial charge in [0.1, 0.15) is 6.10 Å². The van der Waals surface area contributed by atoms with Crippen LogP contribution in [0.25, 0.3) is 0 Å². The average molecular weight is 386 g/mol. The van der Waals surface area contributed by atoms with E-state index in [2.05, 4.69) is 13.8 Å². The molecule has 0 aliphatic heterocycles. The molecule has 0 aliphatic rings. The van der Waals surface area contributed by atoms with E-state index in [-0.39, 0.29) is 18.2 Å². The van der Waals surface area contributed by atoms with Crippen LogP contribution in [0.5, 0.6) is 0 Å². The summed E-state index contributed by atoms with van der Waals surface area (Å²) in [5.74, 6) is -0.237. The Morgan fingerprint density at radius 3 is 1.78 bits per heavy atom. The highest BCUT2D eigenvalue weighted by Crippen LogP contribution is 2.14. The highest BCUT2D eigenvalue weighted by atomic mass is 16.6. The first-order valence-electron chi connectivity index (χ1n) is 11.4. The minimum Gasteiger partial charge on any atom is -0.459 e. The Morgan fingerprint density at radius 2 is 1.33 bits per heavy atom. The average Bonchev–Trinajstić information content (AvgIpc) is 2.59. The van der Waals surface area contributed by atoms with Gasteiger partial charge in [-0.1, -0.05) is 84.0 Å². The molecule has 4 heteroatoms. The molecule has 0 fully saturated rings. The zero-order valence-electron chi connectivity index (χ0n) is 18.9. The van der Waals surface area contributed by atoms with Gasteiger partial charge < -0.3 is 14.4 Å². The third-order valence-electron chi connectivity index (χ3n) is 4.93. The first-order valence-corrected chi connectivity index (χ1v) is 11.4. The molecule has 0 bridgehead atoms. The molecule has 0 spiro atoms. The van der Waals surface area contributed by atoms with Crippen LogP contribution in [-0.4, -0.2) is 50.3 Å². The second-order valence-electron chi connectivity index (χ2n) is 8.32. The molecule has 0 radical (unpaired) electrons. The lowest BCUT2D eigenvalue weighted by atomic mass is 10.0. The van der Waals surface area contributed by atoms with Crippen LogP contribution in [0.3, 0.4) is 0 Å². The molecule has 0 saturated carbocycles. The summed E-state index contributed by atoms with van der Waals surface area (Å²) in [5, 5.41) is 0. The van der Waals surface area contributed by atoms with E-state index < -0.39 is 0 Å². The van der Waals surface area contributed by atoms with E-state index in [1.165, 1.54) is 84.0 Å². The molecule has 0 saturated heterocycles. The van der Waals surface area contributed by atoms with Crippen molar-refractivity contribution in [1.82, 2.24) is 4.90 Å². The third-order valence-corrected chi connectivity index (χ3v) is 4.93. The molecule has 0 rings (SSSR count). The Kier molecular flexibility index (Phi) is 18.3. The maximum absolute atomic E-state index is 11.2. The fourth-order valence-electron chi connectivity index (χ4n) is 3.39. The van der Waals surface area contributed by atoms with Crippen molar-refractivity contribution in [2.75, 3.05) is 27.2 Å². The van der Waals surface area contributed by atoms with E-state index in [1.54, 1.807) is 0 Å². The summed E-state index contributed by atoms with van der Waals surface area (Å²) in [6.45, 7) is 7.04. The summed E-state index contributed by atoms with van der Waals surface area (Å²) >= 11 is 0. The van der Waals surface area contributed by atoms with Gasteiger partial charge in [-0.3, -0.25) is 4.79 Å². The van der Waals surface area contributed by atoms with Crippen LogP contribution in [0, 0.1) is 0 Å². The highest BCUT2D eigenvalue weighted by Gasteiger charge is 2.15. The summed E-state index contributed by atoms with van der Waals surface area (Å²) in [6.07, 6.45) is 17.6. The van der Waals surface area contributed by atoms with Gasteiger partial charge in [-0.05, 0) is 27.4 Å². The zero-order chi connectivity index (χ0) is 20.3. The van der Waals surface area contributed by atoms with Crippen molar-refractivity contribution < 1.29 is 14.3 Å². The Labute approximate surface area is 169 Å². The molecule has 0 N–H and O–H groups in total. The van der Waals surface area contributed by atoms with Gasteiger partial charge in [0.2, 0.25) is 0 Å². The van der Waals surface area contributed by atoms with Gasteiger partial charge in [0.15, 0.2) is 0 Å². The third kappa shape index (κ3) is 19.9. The highest BCUT2D eigenvalue weighted by molar-refractivity contribution is 5.66. The molecular weight excluding hydrogens is 338 g/mol. The van der Waals surface area contributed by atoms with Crippen LogP contribution in [-0.2, 0) is 14.3 Å². The Balaban J connectivity index is 3.51. The molecule has 4 nitrogen and oxygen atoms in total. The lowest BCUT2D eigenvalue weighted by molar-refractivity contribution is -0.151. The molecule has 2 unspecified atom stereocenters. The van der Waals surface area contributed by atoms with Crippen molar-refractivity contribution in [1.29, 1.82) is 0 Å². The van der Waals surface area contributed by atoms with Crippen molar-refractivity contribution in [3.63, 3.8) is 0 Å². The summed E-state index contributed by atoms with van der Waals surface area (Å²) in [6, 6.07) is 0. The molecule has 0 aromatic carbocycles. The van der Waals surface area contributed by atoms with Crippen LogP contribution < -0.4 is 0 Å². The van der Waals surface area contributed by atoms with Crippen LogP contribution >= 0.6 is 0 Å². The summed E-state index contributed by atoms with van der Waals surface area (Å²) in [5.41, 5.74) is 0. The number of likely N-dealkylation sites (N-methyl/N-ethyl adjacent to an activating group) is 1. The SMILES string of the molecule is CCCCCCCCCCCCCCC(C)OCC(CN(C)C)OC(C)=O. The van der Waals surface area contributed by atoms with Gasteiger partial charge in [0.25, 0.3) is 0 Å². The van der Waals surface area contributed by atoms with Gasteiger partial charge in [0.05, 0.1) is 12.7 Å². The first kappa shape index (κ1) is 26.4. The van der Waals surface area contributed by atoms with Crippen molar-refractivity contribution in [2.45, 2.75) is 116 Å². The number of ether oxygens (including phenoxy) is 2. The zero-order valence-corrected chi connectivity index (χ0v) is 18.9. The largest absolute Gasteiger partial charge is 0.459 e. The molecule has 27 heavy (non-hydrogen) atoms. The van der Waals surface area contributed by atoms with Crippen molar-refractivity contribution in [2.24, 2.45) is 0 Å². The molecule has 0 aromatic heterocycles. The Hall–Kier alpha value is -0.610. The number of unbranched alkanes of at least 4 members (excludes halogenated alkanes) is 11. The van der Waals surface area contributed by atoms with Gasteiger partial charge >= 0.3 is 5.97 Å². The van der Waals surface area contributed by atoms with Gasteiger partial charge in [-0.15, -0.1) is 0 Å². The van der Waals surface area contributed by atoms with E-state index in [1.807, 2.05) is 19.0 Å². The second kappa shape index (κ2) is 18.7.